The molecule has 1 rings (SSSR count). The fraction of sp³-hybridized carbons (Fsp3) is 0.467. The summed E-state index contributed by atoms with van der Waals surface area (Å²) in [4.78, 5) is 13.3. The molecule has 1 amide bonds. The van der Waals surface area contributed by atoms with Crippen molar-refractivity contribution in [3.8, 4) is 0 Å². The summed E-state index contributed by atoms with van der Waals surface area (Å²) in [6.45, 7) is 1.32. The van der Waals surface area contributed by atoms with Crippen molar-refractivity contribution in [2.75, 3.05) is 40.8 Å². The molecule has 0 atom stereocenters. The van der Waals surface area contributed by atoms with Crippen LogP contribution in [0.5, 0.6) is 0 Å². The lowest BCUT2D eigenvalue weighted by atomic mass is 10.4. The zero-order valence-corrected chi connectivity index (χ0v) is 17.4. The summed E-state index contributed by atoms with van der Waals surface area (Å²) in [5.74, 6) is -0.535. The largest absolute Gasteiger partial charge is 0.361 e. The summed E-state index contributed by atoms with van der Waals surface area (Å²) < 4.78 is 25.7. The van der Waals surface area contributed by atoms with Gasteiger partial charge >= 0.3 is 0 Å². The molecule has 8 nitrogen and oxygen atoms in total. The van der Waals surface area contributed by atoms with Gasteiger partial charge in [0, 0.05) is 25.0 Å². The zero-order chi connectivity index (χ0) is 19.7. The van der Waals surface area contributed by atoms with Crippen molar-refractivity contribution >= 4 is 44.9 Å². The first kappa shape index (κ1) is 22.6. The summed E-state index contributed by atoms with van der Waals surface area (Å²) >= 11 is 10.8. The van der Waals surface area contributed by atoms with Crippen LogP contribution >= 0.6 is 23.8 Å². The van der Waals surface area contributed by atoms with E-state index in [-0.39, 0.29) is 16.6 Å². The lowest BCUT2D eigenvalue weighted by molar-refractivity contribution is -0.858. The minimum atomic E-state index is -3.78. The number of likely N-dealkylation sites (N-methyl/N-ethyl adjacent to an activating group) is 1. The number of thiocarbonyl (C=S) groups is 1. The number of rotatable bonds is 8. The number of quaternary nitrogens is 1. The highest BCUT2D eigenvalue weighted by atomic mass is 35.5. The van der Waals surface area contributed by atoms with E-state index in [4.69, 9.17) is 23.8 Å². The molecule has 0 bridgehead atoms. The van der Waals surface area contributed by atoms with E-state index >= 15 is 0 Å². The van der Waals surface area contributed by atoms with Gasteiger partial charge in [0.05, 0.1) is 32.1 Å². The van der Waals surface area contributed by atoms with Crippen molar-refractivity contribution in [1.82, 2.24) is 20.5 Å². The van der Waals surface area contributed by atoms with E-state index in [1.165, 1.54) is 36.2 Å². The van der Waals surface area contributed by atoms with Crippen molar-refractivity contribution in [3.63, 3.8) is 0 Å². The van der Waals surface area contributed by atoms with Crippen LogP contribution in [0.3, 0.4) is 0 Å². The summed E-state index contributed by atoms with van der Waals surface area (Å²) in [6.07, 6.45) is 0.931. The number of carbonyl (C=O) groups excluding carboxylic acids is 1. The minimum absolute atomic E-state index is 0.0605. The number of nitrogens with zero attached hydrogens (tertiary/aromatic N) is 1. The molecule has 146 valence electrons. The van der Waals surface area contributed by atoms with Crippen molar-refractivity contribution in [3.05, 3.63) is 29.3 Å². The molecule has 0 aromatic heterocycles. The standard InChI is InChI=1S/C15H24ClN5O3S2/c1-20(2)10-4-9-17-15(25)19-18-14(22)11-21(3)26(23,24)13-7-5-12(16)6-8-13/h5-8H,4,9-11H2,1-3H3,(H,18,22)(H2,17,19,25)/p+1. The van der Waals surface area contributed by atoms with Crippen molar-refractivity contribution in [2.24, 2.45) is 0 Å². The number of hydrogen-bond donors (Lipinski definition) is 4. The lowest BCUT2D eigenvalue weighted by Gasteiger charge is -2.18. The van der Waals surface area contributed by atoms with Crippen LogP contribution in [0.1, 0.15) is 6.42 Å². The van der Waals surface area contributed by atoms with Gasteiger partial charge in [-0.1, -0.05) is 11.6 Å². The van der Waals surface area contributed by atoms with E-state index in [9.17, 15) is 13.2 Å². The van der Waals surface area contributed by atoms with Gasteiger partial charge in [-0.05, 0) is 36.5 Å². The molecular weight excluding hydrogens is 398 g/mol. The SMILES string of the molecule is CN(CC(=O)NNC(=S)NCCC[NH+](C)C)S(=O)(=O)c1ccc(Cl)cc1. The molecule has 0 saturated heterocycles. The monoisotopic (exact) mass is 422 g/mol. The molecule has 0 fully saturated rings. The molecule has 0 radical (unpaired) electrons. The Morgan fingerprint density at radius 2 is 1.85 bits per heavy atom. The average molecular weight is 423 g/mol. The third-order valence-electron chi connectivity index (χ3n) is 3.34. The number of hydrazine groups is 1. The molecule has 0 aliphatic carbocycles. The third-order valence-corrected chi connectivity index (χ3v) is 5.66. The van der Waals surface area contributed by atoms with Crippen LogP contribution in [0.25, 0.3) is 0 Å². The Hall–Kier alpha value is -1.46. The normalized spacial score (nSPS) is 11.5. The van der Waals surface area contributed by atoms with Crippen LogP contribution in [-0.4, -0.2) is 64.5 Å². The number of sulfonamides is 1. The van der Waals surface area contributed by atoms with E-state index in [0.29, 0.717) is 11.6 Å². The second kappa shape index (κ2) is 10.6. The van der Waals surface area contributed by atoms with Gasteiger partial charge in [0.1, 0.15) is 0 Å². The second-order valence-corrected chi connectivity index (χ2v) is 8.84. The zero-order valence-electron chi connectivity index (χ0n) is 15.0. The molecule has 0 aliphatic heterocycles. The predicted molar refractivity (Wildman–Crippen MR) is 105 cm³/mol. The number of nitrogens with one attached hydrogen (secondary N) is 4. The first-order chi connectivity index (χ1) is 12.1. The van der Waals surface area contributed by atoms with E-state index in [1.807, 2.05) is 0 Å². The first-order valence-electron chi connectivity index (χ1n) is 7.96. The molecule has 11 heteroatoms. The number of halogens is 1. The third kappa shape index (κ3) is 7.83. The highest BCUT2D eigenvalue weighted by Gasteiger charge is 2.22. The van der Waals surface area contributed by atoms with Gasteiger partial charge in [-0.3, -0.25) is 15.6 Å². The van der Waals surface area contributed by atoms with Crippen molar-refractivity contribution in [1.29, 1.82) is 0 Å². The molecular formula is C15H25ClN5O3S2+. The van der Waals surface area contributed by atoms with Crippen LogP contribution in [0, 0.1) is 0 Å². The van der Waals surface area contributed by atoms with Gasteiger partial charge in [0.15, 0.2) is 5.11 Å². The van der Waals surface area contributed by atoms with Crippen LogP contribution in [0.4, 0.5) is 0 Å². The van der Waals surface area contributed by atoms with E-state index < -0.39 is 15.9 Å². The highest BCUT2D eigenvalue weighted by Crippen LogP contribution is 2.17. The molecule has 0 heterocycles. The maximum absolute atomic E-state index is 12.4. The van der Waals surface area contributed by atoms with Gasteiger partial charge in [0.25, 0.3) is 5.91 Å². The summed E-state index contributed by atoms with van der Waals surface area (Å²) in [5, 5.41) is 3.66. The summed E-state index contributed by atoms with van der Waals surface area (Å²) in [5.41, 5.74) is 4.92. The average Bonchev–Trinajstić information content (AvgIpc) is 2.57. The second-order valence-electron chi connectivity index (χ2n) is 5.95. The highest BCUT2D eigenvalue weighted by molar-refractivity contribution is 7.89. The van der Waals surface area contributed by atoms with Gasteiger partial charge in [0.2, 0.25) is 10.0 Å². The summed E-state index contributed by atoms with van der Waals surface area (Å²) in [6, 6.07) is 5.73. The quantitative estimate of drug-likeness (QED) is 0.244. The number of carbonyl (C=O) groups is 1. The number of amides is 1. The molecule has 1 aromatic rings. The molecule has 0 spiro atoms. The van der Waals surface area contributed by atoms with Crippen LogP contribution in [-0.2, 0) is 14.8 Å². The topological polar surface area (TPSA) is 95.0 Å². The lowest BCUT2D eigenvalue weighted by Crippen LogP contribution is -3.05. The Morgan fingerprint density at radius 3 is 2.42 bits per heavy atom. The number of hydrogen-bond acceptors (Lipinski definition) is 4. The Morgan fingerprint density at radius 1 is 1.23 bits per heavy atom. The Labute approximate surface area is 164 Å². The van der Waals surface area contributed by atoms with Gasteiger partial charge in [-0.25, -0.2) is 8.42 Å². The fourth-order valence-corrected chi connectivity index (χ4v) is 3.33. The van der Waals surface area contributed by atoms with E-state index in [1.54, 1.807) is 0 Å². The van der Waals surface area contributed by atoms with Crippen LogP contribution in [0.15, 0.2) is 29.2 Å². The fourth-order valence-electron chi connectivity index (χ4n) is 1.93. The van der Waals surface area contributed by atoms with Gasteiger partial charge in [-0.15, -0.1) is 0 Å². The Bertz CT molecular complexity index is 710. The van der Waals surface area contributed by atoms with E-state index in [2.05, 4.69) is 30.3 Å². The maximum Gasteiger partial charge on any atom is 0.253 e. The molecule has 1 aromatic carbocycles. The van der Waals surface area contributed by atoms with Gasteiger partial charge < -0.3 is 10.2 Å². The number of benzene rings is 1. The van der Waals surface area contributed by atoms with Crippen LogP contribution in [0.2, 0.25) is 5.02 Å². The molecule has 26 heavy (non-hydrogen) atoms. The first-order valence-corrected chi connectivity index (χ1v) is 10.2. The summed E-state index contributed by atoms with van der Waals surface area (Å²) in [7, 11) is 1.67. The van der Waals surface area contributed by atoms with Crippen molar-refractivity contribution < 1.29 is 18.1 Å². The Balaban J connectivity index is 2.42. The molecule has 4 N–H and O–H groups in total. The maximum atomic E-state index is 12.4. The van der Waals surface area contributed by atoms with E-state index in [0.717, 1.165) is 17.3 Å². The van der Waals surface area contributed by atoms with Crippen molar-refractivity contribution in [2.45, 2.75) is 11.3 Å². The molecule has 0 aliphatic rings. The molecule has 0 unspecified atom stereocenters. The minimum Gasteiger partial charge on any atom is -0.361 e. The predicted octanol–water partition coefficient (Wildman–Crippen LogP) is -1.01. The van der Waals surface area contributed by atoms with Gasteiger partial charge in [-0.2, -0.15) is 4.31 Å². The van der Waals surface area contributed by atoms with Crippen LogP contribution < -0.4 is 21.1 Å². The smallest absolute Gasteiger partial charge is 0.253 e. The molecule has 0 saturated carbocycles. The Kier molecular flexibility index (Phi) is 9.23.